The summed E-state index contributed by atoms with van der Waals surface area (Å²) >= 11 is 0. The molecule has 2 fully saturated rings. The number of aryl methyl sites for hydroxylation is 1. The molecule has 1 aromatic carbocycles. The lowest BCUT2D eigenvalue weighted by atomic mass is 9.90. The minimum atomic E-state index is -1.81. The minimum absolute atomic E-state index is 0.0507. The van der Waals surface area contributed by atoms with Crippen molar-refractivity contribution in [1.82, 2.24) is 28.9 Å². The van der Waals surface area contributed by atoms with E-state index in [1.165, 1.54) is 17.7 Å². The van der Waals surface area contributed by atoms with Crippen molar-refractivity contribution in [3.8, 4) is 11.5 Å². The Morgan fingerprint density at radius 1 is 1.08 bits per heavy atom. The van der Waals surface area contributed by atoms with Crippen LogP contribution in [0.25, 0.3) is 22.6 Å². The first-order valence-corrected chi connectivity index (χ1v) is 13.3. The third-order valence-electron chi connectivity index (χ3n) is 7.99. The highest BCUT2D eigenvalue weighted by atomic mass is 19.1. The number of alkyl halides is 1. The van der Waals surface area contributed by atoms with E-state index in [1.807, 2.05) is 36.0 Å². The molecule has 4 aromatic rings. The summed E-state index contributed by atoms with van der Waals surface area (Å²) in [6, 6.07) is 12.4. The lowest BCUT2D eigenvalue weighted by Crippen LogP contribution is -2.53. The van der Waals surface area contributed by atoms with E-state index in [4.69, 9.17) is 4.98 Å². The van der Waals surface area contributed by atoms with Crippen molar-refractivity contribution < 1.29 is 13.6 Å². The molecule has 0 atom stereocenters. The van der Waals surface area contributed by atoms with E-state index in [0.717, 1.165) is 12.1 Å². The summed E-state index contributed by atoms with van der Waals surface area (Å²) in [5, 5.41) is 0. The third-order valence-corrected chi connectivity index (χ3v) is 7.99. The van der Waals surface area contributed by atoms with Gasteiger partial charge in [0.25, 0.3) is 5.91 Å². The minimum Gasteiger partial charge on any atom is -0.357 e. The molecule has 2 aliphatic heterocycles. The van der Waals surface area contributed by atoms with Crippen molar-refractivity contribution in [1.29, 1.82) is 0 Å². The topological polar surface area (TPSA) is 59.2 Å². The van der Waals surface area contributed by atoms with Gasteiger partial charge in [-0.3, -0.25) is 14.7 Å². The van der Waals surface area contributed by atoms with Gasteiger partial charge in [0.05, 0.1) is 11.0 Å². The molecule has 1 amide bonds. The van der Waals surface area contributed by atoms with Crippen LogP contribution in [-0.4, -0.2) is 66.7 Å². The van der Waals surface area contributed by atoms with E-state index in [-0.39, 0.29) is 30.6 Å². The van der Waals surface area contributed by atoms with Crippen LogP contribution < -0.4 is 0 Å². The van der Waals surface area contributed by atoms with Gasteiger partial charge in [0.1, 0.15) is 11.5 Å². The summed E-state index contributed by atoms with van der Waals surface area (Å²) in [5.41, 5.74) is 1.52. The number of imidazole rings is 1. The maximum atomic E-state index is 15.9. The maximum Gasteiger partial charge on any atom is 0.260 e. The van der Waals surface area contributed by atoms with Crippen LogP contribution in [0.1, 0.15) is 37.3 Å². The number of carbonyl (C=O) groups is 1. The lowest BCUT2D eigenvalue weighted by Gasteiger charge is -2.40. The Hall–Kier alpha value is -3.59. The summed E-state index contributed by atoms with van der Waals surface area (Å²) in [6.07, 6.45) is 7.59. The number of carbonyl (C=O) groups excluding carboxylic acids is 1. The standard InChI is InChI=1S/C29H32F2N6O/c1-34-13-7-21(19-34)20-35-16-10-29(31,11-17-35)28(38)36-14-8-23(9-15-36)37-26-6-5-22(30)18-25(26)33-27(37)24-4-2-3-12-32-24/h2-7,12-13,18-19,23H,8-11,14-17,20H2,1H3. The van der Waals surface area contributed by atoms with Gasteiger partial charge in [0.2, 0.25) is 0 Å². The van der Waals surface area contributed by atoms with Crippen LogP contribution in [0.3, 0.4) is 0 Å². The fourth-order valence-electron chi connectivity index (χ4n) is 5.92. The van der Waals surface area contributed by atoms with E-state index < -0.39 is 5.67 Å². The number of amides is 1. The number of nitrogens with zero attached hydrogens (tertiary/aromatic N) is 6. The van der Waals surface area contributed by atoms with Crippen LogP contribution in [0, 0.1) is 5.82 Å². The Kier molecular flexibility index (Phi) is 6.47. The second kappa shape index (κ2) is 9.94. The van der Waals surface area contributed by atoms with Crippen molar-refractivity contribution in [3.63, 3.8) is 0 Å². The van der Waals surface area contributed by atoms with Gasteiger partial charge in [-0.1, -0.05) is 6.07 Å². The first-order valence-electron chi connectivity index (χ1n) is 13.3. The van der Waals surface area contributed by atoms with Gasteiger partial charge < -0.3 is 14.0 Å². The normalized spacial score (nSPS) is 18.8. The van der Waals surface area contributed by atoms with Crippen molar-refractivity contribution >= 4 is 16.9 Å². The zero-order chi connectivity index (χ0) is 26.3. The number of hydrogen-bond acceptors (Lipinski definition) is 4. The molecular weight excluding hydrogens is 486 g/mol. The first-order chi connectivity index (χ1) is 18.4. The molecule has 9 heteroatoms. The summed E-state index contributed by atoms with van der Waals surface area (Å²) < 4.78 is 34.0. The number of hydrogen-bond donors (Lipinski definition) is 0. The molecule has 0 saturated carbocycles. The quantitative estimate of drug-likeness (QED) is 0.383. The largest absolute Gasteiger partial charge is 0.357 e. The number of aromatic nitrogens is 4. The molecule has 3 aromatic heterocycles. The zero-order valence-electron chi connectivity index (χ0n) is 21.6. The Labute approximate surface area is 220 Å². The number of benzene rings is 1. The van der Waals surface area contributed by atoms with Crippen molar-refractivity contribution in [2.24, 2.45) is 7.05 Å². The molecule has 198 valence electrons. The Morgan fingerprint density at radius 3 is 2.55 bits per heavy atom. The van der Waals surface area contributed by atoms with E-state index in [9.17, 15) is 9.18 Å². The van der Waals surface area contributed by atoms with Crippen LogP contribution in [0.2, 0.25) is 0 Å². The molecule has 2 aliphatic rings. The molecule has 0 bridgehead atoms. The van der Waals surface area contributed by atoms with Crippen LogP contribution in [0.4, 0.5) is 8.78 Å². The molecule has 6 rings (SSSR count). The number of rotatable bonds is 5. The summed E-state index contributed by atoms with van der Waals surface area (Å²) in [6.45, 7) is 2.87. The molecule has 0 spiro atoms. The van der Waals surface area contributed by atoms with Gasteiger partial charge in [0, 0.05) is 83.3 Å². The van der Waals surface area contributed by atoms with Crippen molar-refractivity contribution in [2.45, 2.75) is 43.9 Å². The highest BCUT2D eigenvalue weighted by Crippen LogP contribution is 2.35. The summed E-state index contributed by atoms with van der Waals surface area (Å²) in [4.78, 5) is 26.4. The Balaban J connectivity index is 1.14. The molecule has 0 unspecified atom stereocenters. The smallest absolute Gasteiger partial charge is 0.260 e. The van der Waals surface area contributed by atoms with Crippen LogP contribution in [0.5, 0.6) is 0 Å². The Bertz CT molecular complexity index is 1430. The van der Waals surface area contributed by atoms with Gasteiger partial charge in [-0.2, -0.15) is 0 Å². The number of fused-ring (bicyclic) bond motifs is 1. The number of likely N-dealkylation sites (tertiary alicyclic amines) is 2. The molecule has 5 heterocycles. The second-order valence-electron chi connectivity index (χ2n) is 10.6. The monoisotopic (exact) mass is 518 g/mol. The van der Waals surface area contributed by atoms with Crippen molar-refractivity contribution in [2.75, 3.05) is 26.2 Å². The highest BCUT2D eigenvalue weighted by Gasteiger charge is 2.45. The molecule has 0 radical (unpaired) electrons. The number of pyridine rings is 1. The Morgan fingerprint density at radius 2 is 1.87 bits per heavy atom. The van der Waals surface area contributed by atoms with Gasteiger partial charge in [-0.25, -0.2) is 13.8 Å². The van der Waals surface area contributed by atoms with Gasteiger partial charge in [0.15, 0.2) is 11.5 Å². The van der Waals surface area contributed by atoms with E-state index >= 15 is 4.39 Å². The van der Waals surface area contributed by atoms with Crippen LogP contribution >= 0.6 is 0 Å². The van der Waals surface area contributed by atoms with E-state index in [1.54, 1.807) is 17.2 Å². The fraction of sp³-hybridized carbons (Fsp3) is 0.414. The van der Waals surface area contributed by atoms with E-state index in [0.29, 0.717) is 56.1 Å². The highest BCUT2D eigenvalue weighted by molar-refractivity contribution is 5.85. The molecule has 38 heavy (non-hydrogen) atoms. The number of halogens is 2. The molecule has 0 N–H and O–H groups in total. The van der Waals surface area contributed by atoms with Crippen molar-refractivity contribution in [3.05, 3.63) is 72.4 Å². The summed E-state index contributed by atoms with van der Waals surface area (Å²) in [5.74, 6) is -0.0280. The molecule has 7 nitrogen and oxygen atoms in total. The van der Waals surface area contributed by atoms with Crippen LogP contribution in [-0.2, 0) is 18.4 Å². The zero-order valence-corrected chi connectivity index (χ0v) is 21.6. The predicted octanol–water partition coefficient (Wildman–Crippen LogP) is 4.74. The molecule has 2 saturated heterocycles. The number of piperidine rings is 2. The van der Waals surface area contributed by atoms with Gasteiger partial charge in [-0.15, -0.1) is 0 Å². The predicted molar refractivity (Wildman–Crippen MR) is 142 cm³/mol. The van der Waals surface area contributed by atoms with Crippen LogP contribution in [0.15, 0.2) is 61.1 Å². The molecular formula is C29H32F2N6O. The van der Waals surface area contributed by atoms with E-state index in [2.05, 4.69) is 26.7 Å². The second-order valence-corrected chi connectivity index (χ2v) is 10.6. The SMILES string of the molecule is Cn1ccc(CN2CCC(F)(C(=O)N3CCC(n4c(-c5ccccn5)nc5cc(F)ccc54)CC3)CC2)c1. The average Bonchev–Trinajstić information content (AvgIpc) is 3.52. The fourth-order valence-corrected chi connectivity index (χ4v) is 5.92. The maximum absolute atomic E-state index is 15.9. The van der Waals surface area contributed by atoms with Gasteiger partial charge in [-0.05, 0) is 48.7 Å². The molecule has 0 aliphatic carbocycles. The van der Waals surface area contributed by atoms with Gasteiger partial charge >= 0.3 is 0 Å². The lowest BCUT2D eigenvalue weighted by molar-refractivity contribution is -0.148. The average molecular weight is 519 g/mol. The first kappa shape index (κ1) is 24.7. The third kappa shape index (κ3) is 4.71. The summed E-state index contributed by atoms with van der Waals surface area (Å²) in [7, 11) is 1.99.